The molecule has 0 aliphatic heterocycles. The first-order valence-electron chi connectivity index (χ1n) is 3.52. The van der Waals surface area contributed by atoms with Gasteiger partial charge in [-0.15, -0.1) is 0 Å². The molecule has 0 saturated heterocycles. The number of hydrogen-bond donors (Lipinski definition) is 1. The number of H-pyrrole nitrogens is 1. The van der Waals surface area contributed by atoms with Crippen LogP contribution in [0.15, 0.2) is 6.20 Å². The molecule has 0 atom stereocenters. The molecule has 0 saturated carbocycles. The van der Waals surface area contributed by atoms with E-state index in [1.165, 1.54) is 3.84 Å². The Balaban J connectivity index is 2.96. The van der Waals surface area contributed by atoms with Crippen LogP contribution < -0.4 is 3.84 Å². The monoisotopic (exact) mass is 246 g/mol. The van der Waals surface area contributed by atoms with Crippen LogP contribution in [0.4, 0.5) is 0 Å². The minimum absolute atomic E-state index is 1.11. The van der Waals surface area contributed by atoms with Crippen LogP contribution in [-0.4, -0.2) is 28.3 Å². The summed E-state index contributed by atoms with van der Waals surface area (Å²) in [5.41, 5.74) is 1.11. The average molecular weight is 245 g/mol. The molecule has 0 fully saturated rings. The first kappa shape index (κ1) is 8.11. The average Bonchev–Trinajstić information content (AvgIpc) is 2.11. The molecule has 1 rings (SSSR count). The molecule has 3 heteroatoms. The third-order valence-electron chi connectivity index (χ3n) is 1.42. The van der Waals surface area contributed by atoms with Crippen molar-refractivity contribution >= 4 is 22.2 Å². The second kappa shape index (κ2) is 2.57. The van der Waals surface area contributed by atoms with Gasteiger partial charge in [-0.3, -0.25) is 0 Å². The van der Waals surface area contributed by atoms with Crippen LogP contribution in [0.2, 0.25) is 14.8 Å². The van der Waals surface area contributed by atoms with Crippen LogP contribution in [0, 0.1) is 6.92 Å². The van der Waals surface area contributed by atoms with Crippen molar-refractivity contribution in [3.8, 4) is 0 Å². The Morgan fingerprint density at radius 1 is 1.40 bits per heavy atom. The van der Waals surface area contributed by atoms with E-state index >= 15 is 0 Å². The van der Waals surface area contributed by atoms with Gasteiger partial charge >= 0.3 is 65.8 Å². The molecule has 0 aliphatic carbocycles. The molecule has 0 aliphatic rings. The van der Waals surface area contributed by atoms with Gasteiger partial charge in [0.15, 0.2) is 0 Å². The van der Waals surface area contributed by atoms with Gasteiger partial charge in [-0.25, -0.2) is 0 Å². The minimum atomic E-state index is -1.86. The van der Waals surface area contributed by atoms with Gasteiger partial charge in [0, 0.05) is 0 Å². The van der Waals surface area contributed by atoms with E-state index in [0.717, 1.165) is 5.69 Å². The van der Waals surface area contributed by atoms with Gasteiger partial charge in [0.2, 0.25) is 0 Å². The first-order valence-corrected chi connectivity index (χ1v) is 13.5. The molecule has 1 heterocycles. The van der Waals surface area contributed by atoms with E-state index in [-0.39, 0.29) is 0 Å². The summed E-state index contributed by atoms with van der Waals surface area (Å²) in [5, 5.41) is 0. The molecule has 0 aromatic carbocycles. The van der Waals surface area contributed by atoms with Crippen molar-refractivity contribution in [2.24, 2.45) is 0 Å². The fraction of sp³-hybridized carbons (Fsp3) is 0.571. The zero-order valence-corrected chi connectivity index (χ0v) is 9.88. The fourth-order valence-electron chi connectivity index (χ4n) is 0.798. The molecule has 1 aromatic rings. The van der Waals surface area contributed by atoms with Crippen LogP contribution in [0.1, 0.15) is 5.69 Å². The zero-order valence-electron chi connectivity index (χ0n) is 7.02. The molecule has 1 aromatic heterocycles. The standard InChI is InChI=1S/C4H5N2.3CH3.Sn/c1-4-2-5-3-6-4;;;;/h2H,1H3,(H,5,6);3*1H3;. The quantitative estimate of drug-likeness (QED) is 0.741. The SMILES string of the molecule is Cc1c[nH][c]([Sn]([CH3])([CH3])[CH3])n1. The maximum absolute atomic E-state index is 4.42. The Morgan fingerprint density at radius 2 is 2.00 bits per heavy atom. The van der Waals surface area contributed by atoms with Crippen molar-refractivity contribution in [1.82, 2.24) is 9.97 Å². The third kappa shape index (κ3) is 1.75. The van der Waals surface area contributed by atoms with E-state index in [1.807, 2.05) is 13.1 Å². The summed E-state index contributed by atoms with van der Waals surface area (Å²) in [6.45, 7) is 2.03. The fourth-order valence-corrected chi connectivity index (χ4v) is 3.70. The molecule has 0 amide bonds. The maximum atomic E-state index is 4.42. The normalized spacial score (nSPS) is 12.0. The molecular formula is C7H14N2Sn. The number of aromatic nitrogens is 2. The summed E-state index contributed by atoms with van der Waals surface area (Å²) in [4.78, 5) is 14.7. The van der Waals surface area contributed by atoms with E-state index in [2.05, 4.69) is 24.8 Å². The van der Waals surface area contributed by atoms with Crippen LogP contribution in [-0.2, 0) is 0 Å². The summed E-state index contributed by atoms with van der Waals surface area (Å²) in [6, 6.07) is 0. The third-order valence-corrected chi connectivity index (χ3v) is 6.20. The van der Waals surface area contributed by atoms with Crippen molar-refractivity contribution in [3.05, 3.63) is 11.9 Å². The number of hydrogen-bond acceptors (Lipinski definition) is 1. The molecule has 56 valence electrons. The number of aromatic amines is 1. The second-order valence-electron chi connectivity index (χ2n) is 3.64. The predicted molar refractivity (Wildman–Crippen MR) is 46.3 cm³/mol. The molecule has 2 nitrogen and oxygen atoms in total. The molecule has 0 spiro atoms. The summed E-state index contributed by atoms with van der Waals surface area (Å²) in [6.07, 6.45) is 1.98. The van der Waals surface area contributed by atoms with E-state index in [4.69, 9.17) is 0 Å². The van der Waals surface area contributed by atoms with Crippen LogP contribution >= 0.6 is 0 Å². The summed E-state index contributed by atoms with van der Waals surface area (Å²) < 4.78 is 1.27. The summed E-state index contributed by atoms with van der Waals surface area (Å²) in [5.74, 6) is 0. The van der Waals surface area contributed by atoms with Gasteiger partial charge in [0.25, 0.3) is 0 Å². The van der Waals surface area contributed by atoms with Crippen molar-refractivity contribution < 1.29 is 0 Å². The Kier molecular flexibility index (Phi) is 2.08. The number of rotatable bonds is 1. The van der Waals surface area contributed by atoms with E-state index in [0.29, 0.717) is 0 Å². The Hall–Kier alpha value is 0.00870. The first-order chi connectivity index (χ1) is 4.50. The summed E-state index contributed by atoms with van der Waals surface area (Å²) in [7, 11) is 0. The van der Waals surface area contributed by atoms with Gasteiger partial charge in [0.05, 0.1) is 0 Å². The van der Waals surface area contributed by atoms with Crippen molar-refractivity contribution in [1.29, 1.82) is 0 Å². The topological polar surface area (TPSA) is 28.7 Å². The second-order valence-corrected chi connectivity index (χ2v) is 17.8. The van der Waals surface area contributed by atoms with Gasteiger partial charge in [-0.1, -0.05) is 0 Å². The number of imidazole rings is 1. The van der Waals surface area contributed by atoms with E-state index in [1.54, 1.807) is 0 Å². The zero-order chi connectivity index (χ0) is 7.78. The van der Waals surface area contributed by atoms with Gasteiger partial charge < -0.3 is 0 Å². The van der Waals surface area contributed by atoms with E-state index < -0.39 is 18.4 Å². The van der Waals surface area contributed by atoms with Crippen LogP contribution in [0.3, 0.4) is 0 Å². The van der Waals surface area contributed by atoms with Gasteiger partial charge in [0.1, 0.15) is 0 Å². The molecule has 0 radical (unpaired) electrons. The molecule has 0 unspecified atom stereocenters. The van der Waals surface area contributed by atoms with Gasteiger partial charge in [-0.05, 0) is 0 Å². The Bertz CT molecular complexity index is 222. The molecule has 10 heavy (non-hydrogen) atoms. The molecular weight excluding hydrogens is 231 g/mol. The number of aryl methyl sites for hydroxylation is 1. The Labute approximate surface area is 65.9 Å². The van der Waals surface area contributed by atoms with Crippen LogP contribution in [0.5, 0.6) is 0 Å². The van der Waals surface area contributed by atoms with Crippen molar-refractivity contribution in [3.63, 3.8) is 0 Å². The van der Waals surface area contributed by atoms with Gasteiger partial charge in [-0.2, -0.15) is 0 Å². The molecule has 0 bridgehead atoms. The van der Waals surface area contributed by atoms with Crippen molar-refractivity contribution in [2.45, 2.75) is 21.7 Å². The number of nitrogens with zero attached hydrogens (tertiary/aromatic N) is 1. The Morgan fingerprint density at radius 3 is 2.20 bits per heavy atom. The number of nitrogens with one attached hydrogen (secondary N) is 1. The van der Waals surface area contributed by atoms with E-state index in [9.17, 15) is 0 Å². The predicted octanol–water partition coefficient (Wildman–Crippen LogP) is 1.26. The molecule has 1 N–H and O–H groups in total. The van der Waals surface area contributed by atoms with Crippen LogP contribution in [0.25, 0.3) is 0 Å². The van der Waals surface area contributed by atoms with Crippen molar-refractivity contribution in [2.75, 3.05) is 0 Å². The summed E-state index contributed by atoms with van der Waals surface area (Å²) >= 11 is -1.86.